The van der Waals surface area contributed by atoms with Gasteiger partial charge in [0.25, 0.3) is 5.91 Å². The molecule has 0 fully saturated rings. The second-order valence-corrected chi connectivity index (χ2v) is 8.02. The molecule has 31 heavy (non-hydrogen) atoms. The number of alkyl halides is 3. The molecule has 0 saturated carbocycles. The fraction of sp³-hybridized carbons (Fsp3) is 0.318. The number of carbonyl (C=O) groups is 1. The molecule has 2 aromatic heterocycles. The van der Waals surface area contributed by atoms with Gasteiger partial charge >= 0.3 is 6.18 Å². The number of hydrogen-bond donors (Lipinski definition) is 1. The van der Waals surface area contributed by atoms with E-state index in [4.69, 9.17) is 0 Å². The zero-order valence-electron chi connectivity index (χ0n) is 17.4. The maximum Gasteiger partial charge on any atom is 0.411 e. The Morgan fingerprint density at radius 3 is 2.39 bits per heavy atom. The van der Waals surface area contributed by atoms with Crippen LogP contribution in [0.15, 0.2) is 54.7 Å². The van der Waals surface area contributed by atoms with Gasteiger partial charge in [-0.1, -0.05) is 39.0 Å². The van der Waals surface area contributed by atoms with E-state index in [9.17, 15) is 18.0 Å². The first-order valence-electron chi connectivity index (χ1n) is 9.60. The van der Waals surface area contributed by atoms with E-state index in [1.54, 1.807) is 41.2 Å². The van der Waals surface area contributed by atoms with Crippen molar-refractivity contribution in [2.24, 2.45) is 0 Å². The third-order valence-electron chi connectivity index (χ3n) is 4.34. The van der Waals surface area contributed by atoms with E-state index >= 15 is 0 Å². The van der Waals surface area contributed by atoms with Crippen LogP contribution in [0.25, 0.3) is 5.82 Å². The van der Waals surface area contributed by atoms with Crippen LogP contribution < -0.4 is 5.32 Å². The van der Waals surface area contributed by atoms with Crippen molar-refractivity contribution in [3.63, 3.8) is 0 Å². The van der Waals surface area contributed by atoms with Gasteiger partial charge in [-0.25, -0.2) is 4.98 Å². The molecule has 164 valence electrons. The molecule has 1 N–H and O–H groups in total. The van der Waals surface area contributed by atoms with Crippen LogP contribution in [0.1, 0.15) is 42.4 Å². The SMILES string of the molecule is CC(C)(C)c1cc(NC(=O)c2ccc(COCC(F)(F)F)cc2)n(-c2ccccn2)n1. The summed E-state index contributed by atoms with van der Waals surface area (Å²) in [7, 11) is 0. The van der Waals surface area contributed by atoms with Gasteiger partial charge in [-0.2, -0.15) is 23.0 Å². The molecule has 0 spiro atoms. The zero-order valence-corrected chi connectivity index (χ0v) is 17.4. The van der Waals surface area contributed by atoms with Crippen LogP contribution in [0.4, 0.5) is 19.0 Å². The Labute approximate surface area is 178 Å². The minimum Gasteiger partial charge on any atom is -0.367 e. The van der Waals surface area contributed by atoms with Crippen molar-refractivity contribution in [3.8, 4) is 5.82 Å². The number of ether oxygens (including phenoxy) is 1. The summed E-state index contributed by atoms with van der Waals surface area (Å²) in [4.78, 5) is 17.1. The van der Waals surface area contributed by atoms with Crippen molar-refractivity contribution >= 4 is 11.7 Å². The predicted molar refractivity (Wildman–Crippen MR) is 110 cm³/mol. The number of benzene rings is 1. The summed E-state index contributed by atoms with van der Waals surface area (Å²) in [6.45, 7) is 4.54. The molecule has 2 heterocycles. The lowest BCUT2D eigenvalue weighted by molar-refractivity contribution is -0.176. The molecular formula is C22H23F3N4O2. The average molecular weight is 432 g/mol. The summed E-state index contributed by atoms with van der Waals surface area (Å²) >= 11 is 0. The van der Waals surface area contributed by atoms with Crippen molar-refractivity contribution in [3.05, 3.63) is 71.5 Å². The molecule has 3 rings (SSSR count). The molecule has 1 amide bonds. The summed E-state index contributed by atoms with van der Waals surface area (Å²) in [6, 6.07) is 13.4. The fourth-order valence-corrected chi connectivity index (χ4v) is 2.72. The topological polar surface area (TPSA) is 69.0 Å². The van der Waals surface area contributed by atoms with Gasteiger partial charge in [-0.15, -0.1) is 0 Å². The van der Waals surface area contributed by atoms with Crippen LogP contribution in [0.5, 0.6) is 0 Å². The number of halogens is 3. The van der Waals surface area contributed by atoms with Gasteiger partial charge in [-0.05, 0) is 29.8 Å². The standard InChI is InChI=1S/C22H23F3N4O2/c1-21(2,3)17-12-19(29(28-17)18-6-4-5-11-26-18)27-20(30)16-9-7-15(8-10-16)13-31-14-22(23,24)25/h4-12H,13-14H2,1-3H3,(H,27,30). The van der Waals surface area contributed by atoms with Crippen LogP contribution in [0.3, 0.4) is 0 Å². The van der Waals surface area contributed by atoms with Crippen molar-refractivity contribution in [2.75, 3.05) is 11.9 Å². The molecule has 0 aliphatic heterocycles. The fourth-order valence-electron chi connectivity index (χ4n) is 2.72. The first-order chi connectivity index (χ1) is 14.5. The van der Waals surface area contributed by atoms with Gasteiger partial charge < -0.3 is 10.1 Å². The first kappa shape index (κ1) is 22.5. The van der Waals surface area contributed by atoms with Crippen LogP contribution in [0.2, 0.25) is 0 Å². The van der Waals surface area contributed by atoms with E-state index in [-0.39, 0.29) is 17.9 Å². The Balaban J connectivity index is 1.76. The number of anilines is 1. The number of nitrogens with one attached hydrogen (secondary N) is 1. The summed E-state index contributed by atoms with van der Waals surface area (Å²) in [5.41, 5.74) is 1.43. The minimum atomic E-state index is -4.37. The third-order valence-corrected chi connectivity index (χ3v) is 4.34. The molecule has 9 heteroatoms. The molecule has 0 radical (unpaired) electrons. The van der Waals surface area contributed by atoms with E-state index in [2.05, 4.69) is 20.1 Å². The molecule has 0 unspecified atom stereocenters. The van der Waals surface area contributed by atoms with E-state index < -0.39 is 12.8 Å². The molecule has 0 atom stereocenters. The number of hydrogen-bond acceptors (Lipinski definition) is 4. The molecule has 0 aliphatic rings. The van der Waals surface area contributed by atoms with Gasteiger partial charge in [0.05, 0.1) is 12.3 Å². The monoisotopic (exact) mass is 432 g/mol. The lowest BCUT2D eigenvalue weighted by atomic mass is 9.92. The summed E-state index contributed by atoms with van der Waals surface area (Å²) in [5.74, 6) is 0.650. The zero-order chi connectivity index (χ0) is 22.6. The smallest absolute Gasteiger partial charge is 0.367 e. The Hall–Kier alpha value is -3.20. The number of amides is 1. The van der Waals surface area contributed by atoms with Crippen LogP contribution in [-0.2, 0) is 16.8 Å². The molecule has 6 nitrogen and oxygen atoms in total. The van der Waals surface area contributed by atoms with Crippen molar-refractivity contribution in [1.29, 1.82) is 0 Å². The van der Waals surface area contributed by atoms with Gasteiger partial charge in [0.2, 0.25) is 0 Å². The Bertz CT molecular complexity index is 1020. The van der Waals surface area contributed by atoms with Gasteiger partial charge in [0.15, 0.2) is 5.82 Å². The van der Waals surface area contributed by atoms with Crippen LogP contribution in [-0.4, -0.2) is 33.5 Å². The highest BCUT2D eigenvalue weighted by Gasteiger charge is 2.27. The molecular weight excluding hydrogens is 409 g/mol. The molecule has 0 bridgehead atoms. The number of rotatable bonds is 6. The highest BCUT2D eigenvalue weighted by Crippen LogP contribution is 2.26. The van der Waals surface area contributed by atoms with Gasteiger partial charge in [0.1, 0.15) is 12.4 Å². The number of aromatic nitrogens is 3. The number of pyridine rings is 1. The Morgan fingerprint density at radius 2 is 1.81 bits per heavy atom. The van der Waals surface area contributed by atoms with Crippen LogP contribution in [0, 0.1) is 0 Å². The summed E-state index contributed by atoms with van der Waals surface area (Å²) in [5, 5.41) is 7.44. The van der Waals surface area contributed by atoms with Crippen LogP contribution >= 0.6 is 0 Å². The minimum absolute atomic E-state index is 0.192. The van der Waals surface area contributed by atoms with Crippen molar-refractivity contribution in [2.45, 2.75) is 39.0 Å². The number of nitrogens with zero attached hydrogens (tertiary/aromatic N) is 3. The van der Waals surface area contributed by atoms with Crippen molar-refractivity contribution in [1.82, 2.24) is 14.8 Å². The Kier molecular flexibility index (Phi) is 6.45. The Morgan fingerprint density at radius 1 is 1.10 bits per heavy atom. The largest absolute Gasteiger partial charge is 0.411 e. The van der Waals surface area contributed by atoms with E-state index in [1.807, 2.05) is 26.8 Å². The van der Waals surface area contributed by atoms with E-state index in [0.717, 1.165) is 5.69 Å². The quantitative estimate of drug-likeness (QED) is 0.602. The molecule has 3 aromatic rings. The second-order valence-electron chi connectivity index (χ2n) is 8.02. The summed E-state index contributed by atoms with van der Waals surface area (Å²) in [6.07, 6.45) is -2.73. The second kappa shape index (κ2) is 8.89. The summed E-state index contributed by atoms with van der Waals surface area (Å²) < 4.78 is 42.7. The lowest BCUT2D eigenvalue weighted by Crippen LogP contribution is -2.17. The maximum atomic E-state index is 12.8. The lowest BCUT2D eigenvalue weighted by Gasteiger charge is -2.13. The maximum absolute atomic E-state index is 12.8. The van der Waals surface area contributed by atoms with E-state index in [1.165, 1.54) is 12.1 Å². The normalized spacial score (nSPS) is 12.1. The third kappa shape index (κ3) is 6.14. The predicted octanol–water partition coefficient (Wildman–Crippen LogP) is 4.90. The van der Waals surface area contributed by atoms with Gasteiger partial charge in [-0.3, -0.25) is 4.79 Å². The van der Waals surface area contributed by atoms with Crippen molar-refractivity contribution < 1.29 is 22.7 Å². The van der Waals surface area contributed by atoms with E-state index in [0.29, 0.717) is 22.8 Å². The molecule has 0 aliphatic carbocycles. The molecule has 0 saturated heterocycles. The highest BCUT2D eigenvalue weighted by atomic mass is 19.4. The van der Waals surface area contributed by atoms with Gasteiger partial charge in [0, 0.05) is 23.2 Å². The average Bonchev–Trinajstić information content (AvgIpc) is 3.12. The molecule has 1 aromatic carbocycles. The number of carbonyl (C=O) groups excluding carboxylic acids is 1. The highest BCUT2D eigenvalue weighted by molar-refractivity contribution is 6.04. The first-order valence-corrected chi connectivity index (χ1v) is 9.60.